The van der Waals surface area contributed by atoms with Gasteiger partial charge in [0.25, 0.3) is 0 Å². The maximum atomic E-state index is 13.9. The second-order valence-corrected chi connectivity index (χ2v) is 7.30. The average Bonchev–Trinajstić information content (AvgIpc) is 3.08. The van der Waals surface area contributed by atoms with Crippen molar-refractivity contribution in [2.45, 2.75) is 18.4 Å². The number of carboxylic acid groups (broad SMARTS) is 1. The number of carboxylic acids is 1. The first-order valence-electron chi connectivity index (χ1n) is 9.72. The molecule has 0 heterocycles. The van der Waals surface area contributed by atoms with Crippen molar-refractivity contribution in [3.63, 3.8) is 0 Å². The Labute approximate surface area is 177 Å². The number of nitrogens with one attached hydrogen (secondary N) is 1. The molecule has 0 spiro atoms. The number of benzene rings is 3. The molecule has 3 aromatic rings. The Morgan fingerprint density at radius 1 is 0.968 bits per heavy atom. The van der Waals surface area contributed by atoms with Crippen LogP contribution in [0.25, 0.3) is 11.1 Å². The Morgan fingerprint density at radius 3 is 2.19 bits per heavy atom. The topological polar surface area (TPSA) is 75.6 Å². The lowest BCUT2D eigenvalue weighted by Crippen LogP contribution is -2.43. The second-order valence-electron chi connectivity index (χ2n) is 7.30. The molecule has 1 atom stereocenters. The molecule has 1 amide bonds. The molecule has 7 heteroatoms. The van der Waals surface area contributed by atoms with E-state index >= 15 is 0 Å². The van der Waals surface area contributed by atoms with Gasteiger partial charge in [0, 0.05) is 12.3 Å². The number of hydrogen-bond donors (Lipinski definition) is 2. The van der Waals surface area contributed by atoms with Crippen molar-refractivity contribution in [2.24, 2.45) is 0 Å². The number of amides is 1. The standard InChI is InChI=1S/C24H19F2NO4/c25-15-9-10-21(26)14(11-15)12-22(23(28)29)27-24(30)31-13-20-18-7-3-1-5-16(18)17-6-2-4-8-19(17)20/h1-11,20,22H,12-13H2,(H,27,30)(H,28,29)/t22-/m1/s1. The highest BCUT2D eigenvalue weighted by atomic mass is 19.1. The summed E-state index contributed by atoms with van der Waals surface area (Å²) in [6.45, 7) is 0.0144. The average molecular weight is 423 g/mol. The van der Waals surface area contributed by atoms with E-state index in [0.717, 1.165) is 40.5 Å². The maximum absolute atomic E-state index is 13.9. The van der Waals surface area contributed by atoms with Crippen LogP contribution in [-0.4, -0.2) is 29.8 Å². The quantitative estimate of drug-likeness (QED) is 0.612. The third-order valence-electron chi connectivity index (χ3n) is 5.37. The molecule has 2 N–H and O–H groups in total. The Balaban J connectivity index is 1.45. The van der Waals surface area contributed by atoms with E-state index in [9.17, 15) is 23.5 Å². The fraction of sp³-hybridized carbons (Fsp3) is 0.167. The van der Waals surface area contributed by atoms with Crippen LogP contribution in [0.4, 0.5) is 13.6 Å². The Bertz CT molecular complexity index is 1100. The molecular weight excluding hydrogens is 404 g/mol. The van der Waals surface area contributed by atoms with Gasteiger partial charge in [0.05, 0.1) is 0 Å². The SMILES string of the molecule is O=C(N[C@H](Cc1cc(F)ccc1F)C(=O)O)OCC1c2ccccc2-c2ccccc21. The number of carbonyl (C=O) groups is 2. The predicted octanol–water partition coefficient (Wildman–Crippen LogP) is 4.50. The van der Waals surface area contributed by atoms with Gasteiger partial charge in [-0.05, 0) is 46.0 Å². The summed E-state index contributed by atoms with van der Waals surface area (Å²) in [5.74, 6) is -3.00. The zero-order chi connectivity index (χ0) is 22.0. The summed E-state index contributed by atoms with van der Waals surface area (Å²) in [4.78, 5) is 23.9. The molecule has 1 aliphatic rings. The molecule has 4 rings (SSSR count). The van der Waals surface area contributed by atoms with Crippen molar-refractivity contribution >= 4 is 12.1 Å². The highest BCUT2D eigenvalue weighted by Gasteiger charge is 2.30. The number of aliphatic carboxylic acids is 1. The number of carbonyl (C=O) groups excluding carboxylic acids is 1. The molecule has 0 saturated heterocycles. The lowest BCUT2D eigenvalue weighted by atomic mass is 9.98. The van der Waals surface area contributed by atoms with E-state index < -0.39 is 36.2 Å². The Morgan fingerprint density at radius 2 is 1.58 bits per heavy atom. The zero-order valence-electron chi connectivity index (χ0n) is 16.3. The summed E-state index contributed by atoms with van der Waals surface area (Å²) in [7, 11) is 0. The van der Waals surface area contributed by atoms with Crippen LogP contribution in [-0.2, 0) is 16.0 Å². The molecule has 158 valence electrons. The first-order chi connectivity index (χ1) is 14.9. The number of alkyl carbamates (subject to hydrolysis) is 1. The van der Waals surface area contributed by atoms with Crippen LogP contribution in [0.2, 0.25) is 0 Å². The highest BCUT2D eigenvalue weighted by molar-refractivity contribution is 5.81. The summed E-state index contributed by atoms with van der Waals surface area (Å²) >= 11 is 0. The van der Waals surface area contributed by atoms with Gasteiger partial charge < -0.3 is 15.2 Å². The number of halogens is 2. The van der Waals surface area contributed by atoms with Gasteiger partial charge in [0.1, 0.15) is 24.3 Å². The van der Waals surface area contributed by atoms with Gasteiger partial charge in [-0.3, -0.25) is 0 Å². The van der Waals surface area contributed by atoms with E-state index in [1.165, 1.54) is 0 Å². The third kappa shape index (κ3) is 4.26. The minimum Gasteiger partial charge on any atom is -0.480 e. The van der Waals surface area contributed by atoms with Crippen molar-refractivity contribution in [2.75, 3.05) is 6.61 Å². The van der Waals surface area contributed by atoms with Crippen molar-refractivity contribution in [1.29, 1.82) is 0 Å². The van der Waals surface area contributed by atoms with Gasteiger partial charge in [-0.2, -0.15) is 0 Å². The molecule has 0 aliphatic heterocycles. The molecule has 1 aliphatic carbocycles. The van der Waals surface area contributed by atoms with Crippen molar-refractivity contribution in [3.05, 3.63) is 95.1 Å². The molecule has 3 aromatic carbocycles. The summed E-state index contributed by atoms with van der Waals surface area (Å²) in [5, 5.41) is 11.6. The Hall–Kier alpha value is -3.74. The first kappa shape index (κ1) is 20.5. The summed E-state index contributed by atoms with van der Waals surface area (Å²) in [6, 6.07) is 16.9. The van der Waals surface area contributed by atoms with Crippen LogP contribution < -0.4 is 5.32 Å². The van der Waals surface area contributed by atoms with Crippen LogP contribution in [0.5, 0.6) is 0 Å². The monoisotopic (exact) mass is 423 g/mol. The number of hydrogen-bond acceptors (Lipinski definition) is 3. The van der Waals surface area contributed by atoms with Gasteiger partial charge in [0.2, 0.25) is 0 Å². The van der Waals surface area contributed by atoms with E-state index in [-0.39, 0.29) is 18.1 Å². The maximum Gasteiger partial charge on any atom is 0.407 e. The molecule has 0 unspecified atom stereocenters. The van der Waals surface area contributed by atoms with Crippen molar-refractivity contribution in [1.82, 2.24) is 5.32 Å². The fourth-order valence-electron chi connectivity index (χ4n) is 3.90. The van der Waals surface area contributed by atoms with Gasteiger partial charge >= 0.3 is 12.1 Å². The summed E-state index contributed by atoms with van der Waals surface area (Å²) in [5.41, 5.74) is 4.03. The molecule has 0 aromatic heterocycles. The molecule has 0 saturated carbocycles. The summed E-state index contributed by atoms with van der Waals surface area (Å²) < 4.78 is 32.6. The molecule has 31 heavy (non-hydrogen) atoms. The van der Waals surface area contributed by atoms with Crippen molar-refractivity contribution < 1.29 is 28.2 Å². The van der Waals surface area contributed by atoms with Crippen LogP contribution in [0.15, 0.2) is 66.7 Å². The summed E-state index contributed by atoms with van der Waals surface area (Å²) in [6.07, 6.45) is -1.35. The van der Waals surface area contributed by atoms with Crippen LogP contribution >= 0.6 is 0 Å². The fourth-order valence-corrected chi connectivity index (χ4v) is 3.90. The molecule has 0 fully saturated rings. The predicted molar refractivity (Wildman–Crippen MR) is 110 cm³/mol. The van der Waals surface area contributed by atoms with Gasteiger partial charge in [0.15, 0.2) is 0 Å². The number of rotatable bonds is 6. The van der Waals surface area contributed by atoms with Crippen LogP contribution in [0.1, 0.15) is 22.6 Å². The van der Waals surface area contributed by atoms with Crippen LogP contribution in [0.3, 0.4) is 0 Å². The number of ether oxygens (including phenoxy) is 1. The smallest absolute Gasteiger partial charge is 0.407 e. The van der Waals surface area contributed by atoms with Gasteiger partial charge in [-0.25, -0.2) is 18.4 Å². The van der Waals surface area contributed by atoms with Gasteiger partial charge in [-0.15, -0.1) is 0 Å². The number of fused-ring (bicyclic) bond motifs is 3. The second kappa shape index (κ2) is 8.55. The van der Waals surface area contributed by atoms with Crippen molar-refractivity contribution in [3.8, 4) is 11.1 Å². The van der Waals surface area contributed by atoms with E-state index in [2.05, 4.69) is 5.32 Å². The lowest BCUT2D eigenvalue weighted by molar-refractivity contribution is -0.139. The van der Waals surface area contributed by atoms with Crippen LogP contribution in [0, 0.1) is 11.6 Å². The zero-order valence-corrected chi connectivity index (χ0v) is 16.3. The largest absolute Gasteiger partial charge is 0.480 e. The molecule has 0 radical (unpaired) electrons. The van der Waals surface area contributed by atoms with E-state index in [1.807, 2.05) is 48.5 Å². The van der Waals surface area contributed by atoms with E-state index in [1.54, 1.807) is 0 Å². The minimum atomic E-state index is -1.47. The molecule has 0 bridgehead atoms. The van der Waals surface area contributed by atoms with E-state index in [0.29, 0.717) is 0 Å². The molecular formula is C24H19F2NO4. The first-order valence-corrected chi connectivity index (χ1v) is 9.72. The van der Waals surface area contributed by atoms with E-state index in [4.69, 9.17) is 4.74 Å². The highest BCUT2D eigenvalue weighted by Crippen LogP contribution is 2.44. The lowest BCUT2D eigenvalue weighted by Gasteiger charge is -2.18. The minimum absolute atomic E-state index is 0.0144. The molecule has 5 nitrogen and oxygen atoms in total. The van der Waals surface area contributed by atoms with Gasteiger partial charge in [-0.1, -0.05) is 48.5 Å². The Kier molecular flexibility index (Phi) is 5.66. The third-order valence-corrected chi connectivity index (χ3v) is 5.37. The normalized spacial score (nSPS) is 13.2.